The van der Waals surface area contributed by atoms with Gasteiger partial charge in [0.25, 0.3) is 0 Å². The average molecular weight is 248 g/mol. The standard InChI is InChI=1S/C8H12F3NO2.ClH/c9-8(10,11)6-3-1-2-4-12(6)5-7(13)14;/h6H,1-5H2,(H,13,14);1H. The van der Waals surface area contributed by atoms with Gasteiger partial charge in [-0.3, -0.25) is 9.69 Å². The summed E-state index contributed by atoms with van der Waals surface area (Å²) in [6, 6.07) is -1.58. The SMILES string of the molecule is Cl.O=C(O)CN1CCCCC1C(F)(F)F. The van der Waals surface area contributed by atoms with Crippen molar-refractivity contribution in [2.75, 3.05) is 13.1 Å². The molecule has 3 nitrogen and oxygen atoms in total. The maximum atomic E-state index is 12.4. The average Bonchev–Trinajstić information content (AvgIpc) is 2.01. The van der Waals surface area contributed by atoms with E-state index in [1.54, 1.807) is 0 Å². The minimum absolute atomic E-state index is 0. The summed E-state index contributed by atoms with van der Waals surface area (Å²) < 4.78 is 37.2. The van der Waals surface area contributed by atoms with Crippen molar-refractivity contribution in [3.8, 4) is 0 Å². The molecule has 0 saturated carbocycles. The maximum Gasteiger partial charge on any atom is 0.404 e. The summed E-state index contributed by atoms with van der Waals surface area (Å²) in [6.07, 6.45) is -3.15. The molecule has 1 aliphatic heterocycles. The first-order chi connectivity index (χ1) is 6.41. The van der Waals surface area contributed by atoms with Gasteiger partial charge in [-0.2, -0.15) is 13.2 Å². The van der Waals surface area contributed by atoms with Crippen LogP contribution >= 0.6 is 12.4 Å². The molecule has 1 rings (SSSR count). The van der Waals surface area contributed by atoms with Crippen molar-refractivity contribution in [3.05, 3.63) is 0 Å². The van der Waals surface area contributed by atoms with E-state index in [4.69, 9.17) is 5.11 Å². The molecule has 0 aromatic rings. The van der Waals surface area contributed by atoms with Gasteiger partial charge in [0.2, 0.25) is 0 Å². The number of rotatable bonds is 2. The van der Waals surface area contributed by atoms with Crippen LogP contribution in [0.25, 0.3) is 0 Å². The molecule has 1 heterocycles. The highest BCUT2D eigenvalue weighted by Gasteiger charge is 2.44. The van der Waals surface area contributed by atoms with E-state index in [1.165, 1.54) is 0 Å². The lowest BCUT2D eigenvalue weighted by Gasteiger charge is -2.35. The molecule has 0 bridgehead atoms. The van der Waals surface area contributed by atoms with E-state index >= 15 is 0 Å². The molecule has 0 aliphatic carbocycles. The molecule has 0 spiro atoms. The lowest BCUT2D eigenvalue weighted by molar-refractivity contribution is -0.192. The second-order valence-electron chi connectivity index (χ2n) is 3.42. The molecule has 1 fully saturated rings. The number of alkyl halides is 3. The number of piperidine rings is 1. The number of carboxylic acids is 1. The van der Waals surface area contributed by atoms with E-state index in [1.807, 2.05) is 0 Å². The zero-order valence-electron chi connectivity index (χ0n) is 7.96. The van der Waals surface area contributed by atoms with Gasteiger partial charge < -0.3 is 5.11 Å². The van der Waals surface area contributed by atoms with Crippen molar-refractivity contribution in [3.63, 3.8) is 0 Å². The lowest BCUT2D eigenvalue weighted by atomic mass is 10.0. The molecule has 0 radical (unpaired) electrons. The molecular weight excluding hydrogens is 235 g/mol. The molecule has 1 saturated heterocycles. The van der Waals surface area contributed by atoms with Crippen molar-refractivity contribution in [1.82, 2.24) is 4.90 Å². The quantitative estimate of drug-likeness (QED) is 0.810. The molecule has 0 aromatic carbocycles. The molecule has 0 amide bonds. The van der Waals surface area contributed by atoms with Crippen LogP contribution in [0.3, 0.4) is 0 Å². The minimum Gasteiger partial charge on any atom is -0.480 e. The van der Waals surface area contributed by atoms with Crippen molar-refractivity contribution < 1.29 is 23.1 Å². The number of halogens is 4. The fourth-order valence-electron chi connectivity index (χ4n) is 1.72. The molecule has 90 valence electrons. The van der Waals surface area contributed by atoms with Crippen molar-refractivity contribution >= 4 is 18.4 Å². The highest BCUT2D eigenvalue weighted by atomic mass is 35.5. The van der Waals surface area contributed by atoms with Crippen LogP contribution in [0.5, 0.6) is 0 Å². The Morgan fingerprint density at radius 3 is 2.47 bits per heavy atom. The van der Waals surface area contributed by atoms with Crippen LogP contribution in [-0.2, 0) is 4.79 Å². The predicted octanol–water partition coefficient (Wildman–Crippen LogP) is 1.91. The Labute approximate surface area is 91.7 Å². The van der Waals surface area contributed by atoms with E-state index < -0.39 is 24.7 Å². The first kappa shape index (κ1) is 14.5. The molecule has 1 unspecified atom stereocenters. The largest absolute Gasteiger partial charge is 0.480 e. The van der Waals surface area contributed by atoms with Gasteiger partial charge >= 0.3 is 12.1 Å². The number of hydrogen-bond donors (Lipinski definition) is 1. The number of likely N-dealkylation sites (tertiary alicyclic amines) is 1. The third-order valence-electron chi connectivity index (χ3n) is 2.33. The first-order valence-electron chi connectivity index (χ1n) is 4.44. The zero-order valence-corrected chi connectivity index (χ0v) is 8.77. The maximum absolute atomic E-state index is 12.4. The van der Waals surface area contributed by atoms with E-state index in [9.17, 15) is 18.0 Å². The second kappa shape index (κ2) is 5.55. The minimum atomic E-state index is -4.31. The first-order valence-corrected chi connectivity index (χ1v) is 4.44. The Kier molecular flexibility index (Phi) is 5.37. The number of hydrogen-bond acceptors (Lipinski definition) is 2. The van der Waals surface area contributed by atoms with Crippen molar-refractivity contribution in [2.45, 2.75) is 31.5 Å². The summed E-state index contributed by atoms with van der Waals surface area (Å²) >= 11 is 0. The normalized spacial score (nSPS) is 23.3. The van der Waals surface area contributed by atoms with Gasteiger partial charge in [-0.1, -0.05) is 6.42 Å². The third kappa shape index (κ3) is 4.25. The van der Waals surface area contributed by atoms with E-state index in [-0.39, 0.29) is 25.4 Å². The van der Waals surface area contributed by atoms with Gasteiger partial charge in [-0.25, -0.2) is 0 Å². The van der Waals surface area contributed by atoms with Crippen LogP contribution < -0.4 is 0 Å². The van der Waals surface area contributed by atoms with Crippen molar-refractivity contribution in [1.29, 1.82) is 0 Å². The summed E-state index contributed by atoms with van der Waals surface area (Å²) in [6.45, 7) is -0.305. The fraction of sp³-hybridized carbons (Fsp3) is 0.875. The van der Waals surface area contributed by atoms with E-state index in [0.717, 1.165) is 4.90 Å². The second-order valence-corrected chi connectivity index (χ2v) is 3.42. The Bertz CT molecular complexity index is 222. The number of nitrogens with zero attached hydrogens (tertiary/aromatic N) is 1. The fourth-order valence-corrected chi connectivity index (χ4v) is 1.72. The van der Waals surface area contributed by atoms with Crippen LogP contribution in [-0.4, -0.2) is 41.3 Å². The molecule has 1 N–H and O–H groups in total. The van der Waals surface area contributed by atoms with E-state index in [2.05, 4.69) is 0 Å². The summed E-state index contributed by atoms with van der Waals surface area (Å²) in [7, 11) is 0. The Balaban J connectivity index is 0.00000196. The van der Waals surface area contributed by atoms with Crippen LogP contribution in [0.2, 0.25) is 0 Å². The molecule has 15 heavy (non-hydrogen) atoms. The molecule has 1 aliphatic rings. The number of aliphatic carboxylic acids is 1. The third-order valence-corrected chi connectivity index (χ3v) is 2.33. The van der Waals surface area contributed by atoms with E-state index in [0.29, 0.717) is 12.8 Å². The molecular formula is C8H13ClF3NO2. The summed E-state index contributed by atoms with van der Waals surface area (Å²) in [5.74, 6) is -1.21. The Hall–Kier alpha value is -0.490. The molecule has 7 heteroatoms. The molecule has 1 atom stereocenters. The van der Waals surface area contributed by atoms with Crippen LogP contribution in [0.1, 0.15) is 19.3 Å². The highest BCUT2D eigenvalue weighted by Crippen LogP contribution is 2.31. The van der Waals surface area contributed by atoms with Crippen LogP contribution in [0.4, 0.5) is 13.2 Å². The molecule has 0 aromatic heterocycles. The summed E-state index contributed by atoms with van der Waals surface area (Å²) in [5.41, 5.74) is 0. The number of carboxylic acid groups (broad SMARTS) is 1. The van der Waals surface area contributed by atoms with Gasteiger partial charge in [0.05, 0.1) is 6.54 Å². The monoisotopic (exact) mass is 247 g/mol. The van der Waals surface area contributed by atoms with Crippen molar-refractivity contribution in [2.24, 2.45) is 0 Å². The van der Waals surface area contributed by atoms with Gasteiger partial charge in [-0.15, -0.1) is 12.4 Å². The topological polar surface area (TPSA) is 40.5 Å². The van der Waals surface area contributed by atoms with Gasteiger partial charge in [0.1, 0.15) is 6.04 Å². The number of carbonyl (C=O) groups is 1. The summed E-state index contributed by atoms with van der Waals surface area (Å²) in [5, 5.41) is 8.44. The van der Waals surface area contributed by atoms with Crippen LogP contribution in [0, 0.1) is 0 Å². The highest BCUT2D eigenvalue weighted by molar-refractivity contribution is 5.85. The zero-order chi connectivity index (χ0) is 10.8. The Morgan fingerprint density at radius 2 is 2.00 bits per heavy atom. The predicted molar refractivity (Wildman–Crippen MR) is 50.2 cm³/mol. The lowest BCUT2D eigenvalue weighted by Crippen LogP contribution is -2.50. The summed E-state index contributed by atoms with van der Waals surface area (Å²) in [4.78, 5) is 11.3. The van der Waals surface area contributed by atoms with Gasteiger partial charge in [-0.05, 0) is 19.4 Å². The van der Waals surface area contributed by atoms with Gasteiger partial charge in [0, 0.05) is 0 Å². The van der Waals surface area contributed by atoms with Crippen LogP contribution in [0.15, 0.2) is 0 Å². The Morgan fingerprint density at radius 1 is 1.40 bits per heavy atom. The smallest absolute Gasteiger partial charge is 0.404 e. The van der Waals surface area contributed by atoms with Gasteiger partial charge in [0.15, 0.2) is 0 Å².